The van der Waals surface area contributed by atoms with E-state index in [0.29, 0.717) is 12.5 Å². The third-order valence-electron chi connectivity index (χ3n) is 3.55. The zero-order valence-electron chi connectivity index (χ0n) is 10.3. The van der Waals surface area contributed by atoms with Crippen LogP contribution in [-0.4, -0.2) is 12.6 Å². The van der Waals surface area contributed by atoms with Crippen molar-refractivity contribution in [2.24, 2.45) is 5.73 Å². The van der Waals surface area contributed by atoms with Crippen LogP contribution in [0.4, 0.5) is 0 Å². The molecule has 0 spiro atoms. The number of para-hydroxylation sites is 1. The van der Waals surface area contributed by atoms with E-state index in [-0.39, 0.29) is 6.10 Å². The minimum atomic E-state index is 0.116. The fourth-order valence-corrected chi connectivity index (χ4v) is 2.64. The molecule has 18 heavy (non-hydrogen) atoms. The second kappa shape index (κ2) is 4.83. The lowest BCUT2D eigenvalue weighted by atomic mass is 9.84. The molecule has 3 rings (SSSR count). The first-order chi connectivity index (χ1) is 8.88. The Kier molecular flexibility index (Phi) is 3.03. The Morgan fingerprint density at radius 3 is 2.50 bits per heavy atom. The average Bonchev–Trinajstić information content (AvgIpc) is 2.47. The van der Waals surface area contributed by atoms with Crippen LogP contribution >= 0.6 is 0 Å². The molecule has 2 unspecified atom stereocenters. The Balaban J connectivity index is 2.04. The van der Waals surface area contributed by atoms with Crippen molar-refractivity contribution in [3.63, 3.8) is 0 Å². The van der Waals surface area contributed by atoms with Gasteiger partial charge in [0.2, 0.25) is 0 Å². The summed E-state index contributed by atoms with van der Waals surface area (Å²) in [6.45, 7) is 0.567. The van der Waals surface area contributed by atoms with E-state index in [9.17, 15) is 0 Å². The van der Waals surface area contributed by atoms with Gasteiger partial charge in [0.1, 0.15) is 11.9 Å². The topological polar surface area (TPSA) is 35.2 Å². The van der Waals surface area contributed by atoms with Gasteiger partial charge in [-0.3, -0.25) is 0 Å². The normalized spacial score (nSPS) is 22.1. The average molecular weight is 239 g/mol. The Morgan fingerprint density at radius 1 is 1.00 bits per heavy atom. The molecule has 0 saturated heterocycles. The third-order valence-corrected chi connectivity index (χ3v) is 3.55. The number of rotatable bonds is 2. The van der Waals surface area contributed by atoms with Crippen molar-refractivity contribution in [1.82, 2.24) is 0 Å². The van der Waals surface area contributed by atoms with Gasteiger partial charge < -0.3 is 10.5 Å². The van der Waals surface area contributed by atoms with Crippen LogP contribution in [0.5, 0.6) is 5.75 Å². The van der Waals surface area contributed by atoms with Crippen LogP contribution in [0.25, 0.3) is 0 Å². The predicted molar refractivity (Wildman–Crippen MR) is 72.8 cm³/mol. The van der Waals surface area contributed by atoms with Crippen molar-refractivity contribution in [3.8, 4) is 5.75 Å². The highest BCUT2D eigenvalue weighted by Crippen LogP contribution is 2.39. The van der Waals surface area contributed by atoms with Gasteiger partial charge in [-0.15, -0.1) is 0 Å². The first-order valence-electron chi connectivity index (χ1n) is 6.39. The summed E-state index contributed by atoms with van der Waals surface area (Å²) in [7, 11) is 0. The Bertz CT molecular complexity index is 524. The lowest BCUT2D eigenvalue weighted by Gasteiger charge is -2.32. The number of hydrogen-bond acceptors (Lipinski definition) is 2. The van der Waals surface area contributed by atoms with Crippen molar-refractivity contribution in [1.29, 1.82) is 0 Å². The summed E-state index contributed by atoms with van der Waals surface area (Å²) < 4.78 is 5.91. The number of nitrogens with two attached hydrogens (primary N) is 1. The smallest absolute Gasteiger partial charge is 0.123 e. The molecule has 2 heteroatoms. The predicted octanol–water partition coefficient (Wildman–Crippen LogP) is 2.93. The summed E-state index contributed by atoms with van der Waals surface area (Å²) in [5.41, 5.74) is 8.39. The van der Waals surface area contributed by atoms with E-state index in [0.717, 1.165) is 12.2 Å². The van der Waals surface area contributed by atoms with E-state index in [2.05, 4.69) is 42.5 Å². The molecule has 1 heterocycles. The van der Waals surface area contributed by atoms with Gasteiger partial charge >= 0.3 is 0 Å². The van der Waals surface area contributed by atoms with Crippen LogP contribution in [0, 0.1) is 0 Å². The Morgan fingerprint density at radius 2 is 1.72 bits per heavy atom. The van der Waals surface area contributed by atoms with Crippen LogP contribution in [0.15, 0.2) is 54.6 Å². The summed E-state index contributed by atoms with van der Waals surface area (Å²) in [4.78, 5) is 0. The van der Waals surface area contributed by atoms with Crippen LogP contribution in [0.2, 0.25) is 0 Å². The van der Waals surface area contributed by atoms with Gasteiger partial charge in [0.15, 0.2) is 0 Å². The number of benzene rings is 2. The quantitative estimate of drug-likeness (QED) is 0.874. The molecule has 0 radical (unpaired) electrons. The Labute approximate surface area is 107 Å². The van der Waals surface area contributed by atoms with Crippen LogP contribution in [0.3, 0.4) is 0 Å². The van der Waals surface area contributed by atoms with E-state index >= 15 is 0 Å². The summed E-state index contributed by atoms with van der Waals surface area (Å²) >= 11 is 0. The van der Waals surface area contributed by atoms with Gasteiger partial charge in [-0.1, -0.05) is 48.5 Å². The first-order valence-corrected chi connectivity index (χ1v) is 6.39. The lowest BCUT2D eigenvalue weighted by molar-refractivity contribution is 0.172. The summed E-state index contributed by atoms with van der Waals surface area (Å²) in [6.07, 6.45) is 1.07. The van der Waals surface area contributed by atoms with Crippen molar-refractivity contribution in [2.45, 2.75) is 18.4 Å². The molecule has 1 aliphatic rings. The molecule has 0 bridgehead atoms. The highest BCUT2D eigenvalue weighted by Gasteiger charge is 2.28. The van der Waals surface area contributed by atoms with Gasteiger partial charge in [0.25, 0.3) is 0 Å². The van der Waals surface area contributed by atoms with E-state index < -0.39 is 0 Å². The molecule has 2 aromatic carbocycles. The zero-order chi connectivity index (χ0) is 12.4. The zero-order valence-corrected chi connectivity index (χ0v) is 10.3. The highest BCUT2D eigenvalue weighted by atomic mass is 16.5. The lowest BCUT2D eigenvalue weighted by Crippen LogP contribution is -2.32. The second-order valence-electron chi connectivity index (χ2n) is 4.71. The Hall–Kier alpha value is -1.80. The minimum absolute atomic E-state index is 0.116. The molecular formula is C16H17NO. The molecule has 0 fully saturated rings. The maximum Gasteiger partial charge on any atom is 0.123 e. The largest absolute Gasteiger partial charge is 0.489 e. The maximum absolute atomic E-state index is 5.91. The first kappa shape index (κ1) is 11.3. The standard InChI is InChI=1S/C16H17NO/c17-11-13-10-15(12-6-2-1-3-7-12)14-8-4-5-9-16(14)18-13/h1-9,13,15H,10-11,17H2. The van der Waals surface area contributed by atoms with E-state index in [1.54, 1.807) is 0 Å². The fraction of sp³-hybridized carbons (Fsp3) is 0.250. The van der Waals surface area contributed by atoms with Crippen LogP contribution < -0.4 is 10.5 Å². The molecule has 0 aliphatic carbocycles. The number of fused-ring (bicyclic) bond motifs is 1. The highest BCUT2D eigenvalue weighted by molar-refractivity contribution is 5.43. The molecule has 0 amide bonds. The summed E-state index contributed by atoms with van der Waals surface area (Å²) in [6, 6.07) is 18.9. The summed E-state index contributed by atoms with van der Waals surface area (Å²) in [5.74, 6) is 1.37. The van der Waals surface area contributed by atoms with Crippen molar-refractivity contribution in [3.05, 3.63) is 65.7 Å². The summed E-state index contributed by atoms with van der Waals surface area (Å²) in [5, 5.41) is 0. The molecule has 1 aliphatic heterocycles. The number of ether oxygens (including phenoxy) is 1. The van der Waals surface area contributed by atoms with E-state index in [1.807, 2.05) is 12.1 Å². The van der Waals surface area contributed by atoms with Crippen molar-refractivity contribution in [2.75, 3.05) is 6.54 Å². The van der Waals surface area contributed by atoms with Gasteiger partial charge in [-0.05, 0) is 18.1 Å². The van der Waals surface area contributed by atoms with E-state index in [4.69, 9.17) is 10.5 Å². The van der Waals surface area contributed by atoms with Gasteiger partial charge in [-0.25, -0.2) is 0 Å². The van der Waals surface area contributed by atoms with Crippen LogP contribution in [-0.2, 0) is 0 Å². The van der Waals surface area contributed by atoms with Gasteiger partial charge in [0, 0.05) is 18.0 Å². The fourth-order valence-electron chi connectivity index (χ4n) is 2.64. The monoisotopic (exact) mass is 239 g/mol. The van der Waals surface area contributed by atoms with Crippen LogP contribution in [0.1, 0.15) is 23.5 Å². The second-order valence-corrected chi connectivity index (χ2v) is 4.71. The van der Waals surface area contributed by atoms with Crippen molar-refractivity contribution >= 4 is 0 Å². The molecule has 0 saturated carbocycles. The molecule has 2 nitrogen and oxygen atoms in total. The third kappa shape index (κ3) is 2.00. The number of hydrogen-bond donors (Lipinski definition) is 1. The molecule has 2 atom stereocenters. The molecule has 2 aromatic rings. The molecule has 0 aromatic heterocycles. The SMILES string of the molecule is NCC1CC(c2ccccc2)c2ccccc2O1. The van der Waals surface area contributed by atoms with E-state index in [1.165, 1.54) is 11.1 Å². The molecular weight excluding hydrogens is 222 g/mol. The van der Waals surface area contributed by atoms with Crippen molar-refractivity contribution < 1.29 is 4.74 Å². The molecule has 2 N–H and O–H groups in total. The van der Waals surface area contributed by atoms with Gasteiger partial charge in [0.05, 0.1) is 0 Å². The van der Waals surface area contributed by atoms with Gasteiger partial charge in [-0.2, -0.15) is 0 Å². The maximum atomic E-state index is 5.91. The molecule has 92 valence electrons. The minimum Gasteiger partial charge on any atom is -0.489 e.